The van der Waals surface area contributed by atoms with Crippen molar-refractivity contribution >= 4 is 17.5 Å². The summed E-state index contributed by atoms with van der Waals surface area (Å²) in [5.74, 6) is -0.407. The Balaban J connectivity index is 2.37. The molecule has 1 aromatic heterocycles. The number of hydrogen-bond acceptors (Lipinski definition) is 4. The van der Waals surface area contributed by atoms with E-state index < -0.39 is 5.82 Å². The lowest BCUT2D eigenvalue weighted by molar-refractivity contribution is 0.427. The molecule has 0 saturated heterocycles. The Bertz CT molecular complexity index is 513. The van der Waals surface area contributed by atoms with Crippen LogP contribution in [-0.4, -0.2) is 9.97 Å². The molecular formula is C11H9ClFN3O. The fourth-order valence-electron chi connectivity index (χ4n) is 1.23. The van der Waals surface area contributed by atoms with Gasteiger partial charge in [0.2, 0.25) is 11.8 Å². The molecule has 0 saturated carbocycles. The number of benzene rings is 1. The lowest BCUT2D eigenvalue weighted by Crippen LogP contribution is -1.98. The number of nitrogens with two attached hydrogens (primary N) is 1. The highest BCUT2D eigenvalue weighted by Crippen LogP contribution is 2.29. The van der Waals surface area contributed by atoms with E-state index >= 15 is 0 Å². The van der Waals surface area contributed by atoms with Gasteiger partial charge in [-0.25, -0.2) is 9.37 Å². The minimum atomic E-state index is -0.496. The molecule has 0 unspecified atom stereocenters. The SMILES string of the molecule is Cc1ccc(F)c(Oc2nc(N)ncc2Cl)c1. The summed E-state index contributed by atoms with van der Waals surface area (Å²) in [4.78, 5) is 7.47. The second kappa shape index (κ2) is 4.55. The van der Waals surface area contributed by atoms with Gasteiger partial charge in [-0.1, -0.05) is 17.7 Å². The third kappa shape index (κ3) is 2.62. The largest absolute Gasteiger partial charge is 0.434 e. The predicted octanol–water partition coefficient (Wildman–Crippen LogP) is 2.95. The summed E-state index contributed by atoms with van der Waals surface area (Å²) in [6.45, 7) is 1.82. The van der Waals surface area contributed by atoms with Gasteiger partial charge in [0.05, 0.1) is 6.20 Å². The maximum absolute atomic E-state index is 13.4. The fourth-order valence-corrected chi connectivity index (χ4v) is 1.36. The van der Waals surface area contributed by atoms with Gasteiger partial charge >= 0.3 is 0 Å². The lowest BCUT2D eigenvalue weighted by atomic mass is 10.2. The van der Waals surface area contributed by atoms with Gasteiger partial charge < -0.3 is 10.5 Å². The number of hydrogen-bond donors (Lipinski definition) is 1. The summed E-state index contributed by atoms with van der Waals surface area (Å²) < 4.78 is 18.7. The Hall–Kier alpha value is -1.88. The first-order valence-corrected chi connectivity index (χ1v) is 5.16. The molecule has 17 heavy (non-hydrogen) atoms. The van der Waals surface area contributed by atoms with Crippen LogP contribution in [0.5, 0.6) is 11.6 Å². The number of rotatable bonds is 2. The van der Waals surface area contributed by atoms with Crippen LogP contribution >= 0.6 is 11.6 Å². The van der Waals surface area contributed by atoms with Crippen LogP contribution in [-0.2, 0) is 0 Å². The molecule has 2 rings (SSSR count). The Morgan fingerprint density at radius 2 is 2.18 bits per heavy atom. The van der Waals surface area contributed by atoms with Gasteiger partial charge in [-0.3, -0.25) is 0 Å². The molecule has 0 amide bonds. The average Bonchev–Trinajstić information content (AvgIpc) is 2.28. The number of anilines is 1. The molecule has 2 N–H and O–H groups in total. The van der Waals surface area contributed by atoms with Gasteiger partial charge in [0.1, 0.15) is 5.02 Å². The van der Waals surface area contributed by atoms with Gasteiger partial charge in [0.25, 0.3) is 0 Å². The molecule has 6 heteroatoms. The number of halogens is 2. The van der Waals surface area contributed by atoms with Crippen molar-refractivity contribution in [3.63, 3.8) is 0 Å². The summed E-state index contributed by atoms with van der Waals surface area (Å²) in [6.07, 6.45) is 1.30. The number of aromatic nitrogens is 2. The van der Waals surface area contributed by atoms with E-state index in [1.165, 1.54) is 12.3 Å². The van der Waals surface area contributed by atoms with E-state index in [9.17, 15) is 4.39 Å². The number of nitrogens with zero attached hydrogens (tertiary/aromatic N) is 2. The zero-order valence-electron chi connectivity index (χ0n) is 8.95. The van der Waals surface area contributed by atoms with Crippen molar-refractivity contribution in [1.29, 1.82) is 0 Å². The molecule has 0 fully saturated rings. The van der Waals surface area contributed by atoms with E-state index in [2.05, 4.69) is 9.97 Å². The van der Waals surface area contributed by atoms with Crippen LogP contribution in [0.4, 0.5) is 10.3 Å². The topological polar surface area (TPSA) is 61.0 Å². The van der Waals surface area contributed by atoms with Gasteiger partial charge in [0.15, 0.2) is 11.6 Å². The minimum absolute atomic E-state index is 0.0115. The number of nitrogen functional groups attached to an aromatic ring is 1. The first kappa shape index (κ1) is 11.6. The van der Waals surface area contributed by atoms with Crippen LogP contribution in [0.25, 0.3) is 0 Å². The Morgan fingerprint density at radius 3 is 2.94 bits per heavy atom. The van der Waals surface area contributed by atoms with Gasteiger partial charge in [-0.2, -0.15) is 4.98 Å². The summed E-state index contributed by atoms with van der Waals surface area (Å²) in [7, 11) is 0. The highest BCUT2D eigenvalue weighted by Gasteiger charge is 2.10. The van der Waals surface area contributed by atoms with Crippen molar-refractivity contribution in [2.45, 2.75) is 6.92 Å². The minimum Gasteiger partial charge on any atom is -0.434 e. The smallest absolute Gasteiger partial charge is 0.243 e. The predicted molar refractivity (Wildman–Crippen MR) is 62.7 cm³/mol. The molecule has 0 bridgehead atoms. The van der Waals surface area contributed by atoms with Crippen molar-refractivity contribution in [3.8, 4) is 11.6 Å². The fraction of sp³-hybridized carbons (Fsp3) is 0.0909. The molecule has 2 aromatic rings. The van der Waals surface area contributed by atoms with Crippen LogP contribution in [0, 0.1) is 12.7 Å². The maximum atomic E-state index is 13.4. The molecule has 4 nitrogen and oxygen atoms in total. The van der Waals surface area contributed by atoms with Crippen LogP contribution < -0.4 is 10.5 Å². The lowest BCUT2D eigenvalue weighted by Gasteiger charge is -2.08. The zero-order valence-corrected chi connectivity index (χ0v) is 9.70. The van der Waals surface area contributed by atoms with Crippen LogP contribution in [0.2, 0.25) is 5.02 Å². The van der Waals surface area contributed by atoms with Gasteiger partial charge in [-0.05, 0) is 24.6 Å². The van der Waals surface area contributed by atoms with Crippen LogP contribution in [0.15, 0.2) is 24.4 Å². The van der Waals surface area contributed by atoms with Crippen molar-refractivity contribution in [3.05, 3.63) is 40.8 Å². The Labute approximate surface area is 102 Å². The summed E-state index contributed by atoms with van der Waals surface area (Å²) in [5, 5.41) is 0.167. The van der Waals surface area contributed by atoms with Crippen molar-refractivity contribution in [1.82, 2.24) is 9.97 Å². The third-order valence-electron chi connectivity index (χ3n) is 2.02. The number of ether oxygens (including phenoxy) is 1. The highest BCUT2D eigenvalue weighted by atomic mass is 35.5. The second-order valence-corrected chi connectivity index (χ2v) is 3.82. The molecule has 0 spiro atoms. The van der Waals surface area contributed by atoms with E-state index in [-0.39, 0.29) is 22.6 Å². The first-order chi connectivity index (χ1) is 8.06. The Kier molecular flexibility index (Phi) is 3.10. The van der Waals surface area contributed by atoms with Crippen molar-refractivity contribution in [2.75, 3.05) is 5.73 Å². The second-order valence-electron chi connectivity index (χ2n) is 3.42. The molecule has 0 atom stereocenters. The van der Waals surface area contributed by atoms with Crippen LogP contribution in [0.3, 0.4) is 0 Å². The van der Waals surface area contributed by atoms with Gasteiger partial charge in [-0.15, -0.1) is 0 Å². The summed E-state index contributed by atoms with van der Waals surface area (Å²) in [5.41, 5.74) is 6.26. The monoisotopic (exact) mass is 253 g/mol. The summed E-state index contributed by atoms with van der Waals surface area (Å²) in [6, 6.07) is 4.49. The normalized spacial score (nSPS) is 10.3. The standard InChI is InChI=1S/C11H9ClFN3O/c1-6-2-3-8(13)9(4-6)17-10-7(12)5-15-11(14)16-10/h2-5H,1H3,(H2,14,15,16). The van der Waals surface area contributed by atoms with E-state index in [0.29, 0.717) is 0 Å². The molecule has 0 aliphatic carbocycles. The Morgan fingerprint density at radius 1 is 1.41 bits per heavy atom. The average molecular weight is 254 g/mol. The molecule has 1 heterocycles. The number of aryl methyl sites for hydroxylation is 1. The molecule has 0 radical (unpaired) electrons. The van der Waals surface area contributed by atoms with E-state index in [1.807, 2.05) is 6.92 Å². The molecule has 88 valence electrons. The van der Waals surface area contributed by atoms with Crippen LogP contribution in [0.1, 0.15) is 5.56 Å². The first-order valence-electron chi connectivity index (χ1n) is 4.78. The zero-order chi connectivity index (χ0) is 12.4. The molecule has 1 aromatic carbocycles. The molecule has 0 aliphatic rings. The quantitative estimate of drug-likeness (QED) is 0.894. The van der Waals surface area contributed by atoms with Crippen molar-refractivity contribution < 1.29 is 9.13 Å². The van der Waals surface area contributed by atoms with E-state index in [1.54, 1.807) is 12.1 Å². The van der Waals surface area contributed by atoms with E-state index in [4.69, 9.17) is 22.1 Å². The molecule has 0 aliphatic heterocycles. The summed E-state index contributed by atoms with van der Waals surface area (Å²) >= 11 is 5.81. The highest BCUT2D eigenvalue weighted by molar-refractivity contribution is 6.31. The third-order valence-corrected chi connectivity index (χ3v) is 2.28. The van der Waals surface area contributed by atoms with E-state index in [0.717, 1.165) is 5.56 Å². The maximum Gasteiger partial charge on any atom is 0.243 e. The van der Waals surface area contributed by atoms with Gasteiger partial charge in [0, 0.05) is 0 Å². The molecular weight excluding hydrogens is 245 g/mol. The van der Waals surface area contributed by atoms with Crippen molar-refractivity contribution in [2.24, 2.45) is 0 Å².